The van der Waals surface area contributed by atoms with E-state index in [1.54, 1.807) is 0 Å². The molecule has 1 saturated heterocycles. The molecule has 0 saturated carbocycles. The van der Waals surface area contributed by atoms with Gasteiger partial charge >= 0.3 is 0 Å². The standard InChI is InChI=1S/C33H35N3O/c37-33(35-22-19-29(20-23-35)24-27-12-4-1-5-13-27)31(25-28-14-6-2-7-15-28)36(32-18-10-11-21-34-32)26-30-16-8-3-9-17-30/h1-18,21,29,31H,19-20,22-26H2. The number of hydrogen-bond acceptors (Lipinski definition) is 3. The van der Waals surface area contributed by atoms with Crippen LogP contribution in [0.1, 0.15) is 29.5 Å². The second kappa shape index (κ2) is 12.4. The van der Waals surface area contributed by atoms with Gasteiger partial charge in [-0.2, -0.15) is 0 Å². The molecule has 0 bridgehead atoms. The SMILES string of the molecule is O=C(C(Cc1ccccc1)N(Cc1ccccc1)c1ccccn1)N1CCC(Cc2ccccc2)CC1. The lowest BCUT2D eigenvalue weighted by Crippen LogP contribution is -2.52. The number of hydrogen-bond donors (Lipinski definition) is 0. The molecule has 1 fully saturated rings. The molecule has 0 aliphatic carbocycles. The largest absolute Gasteiger partial charge is 0.341 e. The molecule has 1 aromatic heterocycles. The van der Waals surface area contributed by atoms with E-state index in [1.165, 1.54) is 11.1 Å². The van der Waals surface area contributed by atoms with E-state index in [4.69, 9.17) is 0 Å². The van der Waals surface area contributed by atoms with E-state index >= 15 is 0 Å². The van der Waals surface area contributed by atoms with Gasteiger partial charge in [-0.3, -0.25) is 4.79 Å². The molecule has 3 aromatic carbocycles. The maximum atomic E-state index is 14.2. The van der Waals surface area contributed by atoms with E-state index < -0.39 is 0 Å². The Labute approximate surface area is 220 Å². The van der Waals surface area contributed by atoms with Gasteiger partial charge in [0.05, 0.1) is 0 Å². The maximum Gasteiger partial charge on any atom is 0.245 e. The van der Waals surface area contributed by atoms with Crippen LogP contribution in [0, 0.1) is 5.92 Å². The normalized spacial score (nSPS) is 14.8. The molecule has 0 spiro atoms. The van der Waals surface area contributed by atoms with Gasteiger partial charge in [0.1, 0.15) is 11.9 Å². The fourth-order valence-electron chi connectivity index (χ4n) is 5.34. The minimum atomic E-state index is -0.330. The van der Waals surface area contributed by atoms with E-state index in [1.807, 2.05) is 48.7 Å². The molecule has 4 heteroatoms. The Hall–Kier alpha value is -3.92. The Morgan fingerprint density at radius 1 is 0.757 bits per heavy atom. The molecule has 0 radical (unpaired) electrons. The Morgan fingerprint density at radius 3 is 1.92 bits per heavy atom. The Kier molecular flexibility index (Phi) is 8.27. The molecule has 5 rings (SSSR count). The monoisotopic (exact) mass is 489 g/mol. The molecule has 1 unspecified atom stereocenters. The van der Waals surface area contributed by atoms with Crippen LogP contribution in [0.2, 0.25) is 0 Å². The van der Waals surface area contributed by atoms with E-state index in [-0.39, 0.29) is 11.9 Å². The second-order valence-corrected chi connectivity index (χ2v) is 9.97. The summed E-state index contributed by atoms with van der Waals surface area (Å²) >= 11 is 0. The number of pyridine rings is 1. The van der Waals surface area contributed by atoms with Crippen molar-refractivity contribution >= 4 is 11.7 Å². The van der Waals surface area contributed by atoms with Crippen molar-refractivity contribution in [2.24, 2.45) is 5.92 Å². The summed E-state index contributed by atoms with van der Waals surface area (Å²) in [6.07, 6.45) is 5.63. The highest BCUT2D eigenvalue weighted by molar-refractivity contribution is 5.85. The number of amides is 1. The van der Waals surface area contributed by atoms with Crippen LogP contribution in [0.15, 0.2) is 115 Å². The van der Waals surface area contributed by atoms with E-state index in [0.29, 0.717) is 18.9 Å². The molecule has 4 aromatic rings. The molecular formula is C33H35N3O. The van der Waals surface area contributed by atoms with Crippen LogP contribution in [0.5, 0.6) is 0 Å². The van der Waals surface area contributed by atoms with E-state index in [0.717, 1.165) is 43.7 Å². The van der Waals surface area contributed by atoms with Gasteiger partial charge in [-0.05, 0) is 54.0 Å². The number of anilines is 1. The molecule has 188 valence electrons. The van der Waals surface area contributed by atoms with Gasteiger partial charge in [-0.25, -0.2) is 4.98 Å². The van der Waals surface area contributed by atoms with Crippen LogP contribution < -0.4 is 4.90 Å². The summed E-state index contributed by atoms with van der Waals surface area (Å²) in [4.78, 5) is 23.2. The Balaban J connectivity index is 1.38. The molecule has 1 aliphatic rings. The van der Waals surface area contributed by atoms with Crippen LogP contribution in [0.4, 0.5) is 5.82 Å². The van der Waals surface area contributed by atoms with Crippen molar-refractivity contribution in [2.75, 3.05) is 18.0 Å². The van der Waals surface area contributed by atoms with Crippen molar-refractivity contribution in [2.45, 2.75) is 38.3 Å². The van der Waals surface area contributed by atoms with Crippen LogP contribution in [-0.2, 0) is 24.2 Å². The van der Waals surface area contributed by atoms with Gasteiger partial charge in [0, 0.05) is 32.3 Å². The zero-order valence-corrected chi connectivity index (χ0v) is 21.3. The molecule has 4 nitrogen and oxygen atoms in total. The average Bonchev–Trinajstić information content (AvgIpc) is 2.97. The first-order valence-electron chi connectivity index (χ1n) is 13.3. The minimum Gasteiger partial charge on any atom is -0.341 e. The molecule has 2 heterocycles. The van der Waals surface area contributed by atoms with Crippen LogP contribution >= 0.6 is 0 Å². The highest BCUT2D eigenvalue weighted by Gasteiger charge is 2.33. The van der Waals surface area contributed by atoms with Crippen molar-refractivity contribution in [3.05, 3.63) is 132 Å². The molecule has 37 heavy (non-hydrogen) atoms. The van der Waals surface area contributed by atoms with Crippen molar-refractivity contribution in [1.82, 2.24) is 9.88 Å². The zero-order chi connectivity index (χ0) is 25.3. The smallest absolute Gasteiger partial charge is 0.245 e. The van der Waals surface area contributed by atoms with Gasteiger partial charge in [-0.15, -0.1) is 0 Å². The van der Waals surface area contributed by atoms with Crippen molar-refractivity contribution in [3.8, 4) is 0 Å². The number of aromatic nitrogens is 1. The first-order chi connectivity index (χ1) is 18.3. The summed E-state index contributed by atoms with van der Waals surface area (Å²) in [6.45, 7) is 2.25. The summed E-state index contributed by atoms with van der Waals surface area (Å²) in [6, 6.07) is 37.1. The summed E-state index contributed by atoms with van der Waals surface area (Å²) < 4.78 is 0. The van der Waals surface area contributed by atoms with Crippen molar-refractivity contribution in [1.29, 1.82) is 0 Å². The summed E-state index contributed by atoms with van der Waals surface area (Å²) in [7, 11) is 0. The molecule has 1 atom stereocenters. The molecule has 1 amide bonds. The number of carbonyl (C=O) groups is 1. The number of nitrogens with zero attached hydrogens (tertiary/aromatic N) is 3. The average molecular weight is 490 g/mol. The van der Waals surface area contributed by atoms with Crippen LogP contribution in [0.25, 0.3) is 0 Å². The van der Waals surface area contributed by atoms with Gasteiger partial charge in [0.15, 0.2) is 0 Å². The van der Waals surface area contributed by atoms with Gasteiger partial charge < -0.3 is 9.80 Å². The second-order valence-electron chi connectivity index (χ2n) is 9.97. The maximum absolute atomic E-state index is 14.2. The summed E-state index contributed by atoms with van der Waals surface area (Å²) in [5.74, 6) is 1.65. The van der Waals surface area contributed by atoms with E-state index in [9.17, 15) is 4.79 Å². The van der Waals surface area contributed by atoms with Gasteiger partial charge in [-0.1, -0.05) is 97.1 Å². The number of benzene rings is 3. The Bertz CT molecular complexity index is 1220. The highest BCUT2D eigenvalue weighted by atomic mass is 16.2. The summed E-state index contributed by atoms with van der Waals surface area (Å²) in [5.41, 5.74) is 3.72. The zero-order valence-electron chi connectivity index (χ0n) is 21.3. The van der Waals surface area contributed by atoms with E-state index in [2.05, 4.69) is 81.5 Å². The minimum absolute atomic E-state index is 0.198. The van der Waals surface area contributed by atoms with Gasteiger partial charge in [0.2, 0.25) is 5.91 Å². The van der Waals surface area contributed by atoms with Crippen molar-refractivity contribution in [3.63, 3.8) is 0 Å². The first kappa shape index (κ1) is 24.8. The molecular weight excluding hydrogens is 454 g/mol. The van der Waals surface area contributed by atoms with Crippen LogP contribution in [-0.4, -0.2) is 34.9 Å². The molecule has 1 aliphatic heterocycles. The Morgan fingerprint density at radius 2 is 1.32 bits per heavy atom. The quantitative estimate of drug-likeness (QED) is 0.282. The lowest BCUT2D eigenvalue weighted by Gasteiger charge is -2.38. The highest BCUT2D eigenvalue weighted by Crippen LogP contribution is 2.26. The predicted molar refractivity (Wildman–Crippen MR) is 150 cm³/mol. The number of piperidine rings is 1. The number of rotatable bonds is 9. The topological polar surface area (TPSA) is 36.4 Å². The third-order valence-corrected chi connectivity index (χ3v) is 7.37. The third kappa shape index (κ3) is 6.65. The van der Waals surface area contributed by atoms with Crippen molar-refractivity contribution < 1.29 is 4.79 Å². The van der Waals surface area contributed by atoms with Crippen LogP contribution in [0.3, 0.4) is 0 Å². The first-order valence-corrected chi connectivity index (χ1v) is 13.3. The molecule has 0 N–H and O–H groups in total. The van der Waals surface area contributed by atoms with Gasteiger partial charge in [0.25, 0.3) is 0 Å². The number of likely N-dealkylation sites (tertiary alicyclic amines) is 1. The third-order valence-electron chi connectivity index (χ3n) is 7.37. The lowest BCUT2D eigenvalue weighted by molar-refractivity contribution is -0.134. The predicted octanol–water partition coefficient (Wildman–Crippen LogP) is 6.18. The summed E-state index contributed by atoms with van der Waals surface area (Å²) in [5, 5.41) is 0. The lowest BCUT2D eigenvalue weighted by atomic mass is 9.89. The fourth-order valence-corrected chi connectivity index (χ4v) is 5.34. The number of carbonyl (C=O) groups excluding carboxylic acids is 1. The fraction of sp³-hybridized carbons (Fsp3) is 0.273.